The quantitative estimate of drug-likeness (QED) is 0.851. The number of rotatable bonds is 6. The largest absolute Gasteiger partial charge is 0.480 e. The number of carbonyl (C=O) groups is 2. The summed E-state index contributed by atoms with van der Waals surface area (Å²) in [6.45, 7) is 3.83. The van der Waals surface area contributed by atoms with Crippen LogP contribution in [0, 0.1) is 0 Å². The van der Waals surface area contributed by atoms with Gasteiger partial charge in [-0.25, -0.2) is 14.8 Å². The zero-order chi connectivity index (χ0) is 16.8. The lowest BCUT2D eigenvalue weighted by Gasteiger charge is -2.16. The third-order valence-corrected chi connectivity index (χ3v) is 3.42. The number of amides is 1. The van der Waals surface area contributed by atoms with Crippen LogP contribution < -0.4 is 5.32 Å². The second-order valence-corrected chi connectivity index (χ2v) is 5.53. The topological polar surface area (TPSA) is 92.2 Å². The van der Waals surface area contributed by atoms with E-state index in [0.717, 1.165) is 5.56 Å². The molecule has 1 aromatic carbocycles. The van der Waals surface area contributed by atoms with Gasteiger partial charge in [0.15, 0.2) is 0 Å². The number of carbonyl (C=O) groups excluding carboxylic acids is 1. The van der Waals surface area contributed by atoms with E-state index in [1.54, 1.807) is 0 Å². The minimum atomic E-state index is -1.08. The molecule has 0 fully saturated rings. The van der Waals surface area contributed by atoms with Crippen molar-refractivity contribution >= 4 is 11.9 Å². The third kappa shape index (κ3) is 4.35. The minimum absolute atomic E-state index is 0.0381. The van der Waals surface area contributed by atoms with Crippen LogP contribution in [0.2, 0.25) is 0 Å². The maximum atomic E-state index is 12.4. The molecule has 0 bridgehead atoms. The molecule has 1 heterocycles. The molecule has 0 saturated heterocycles. The summed E-state index contributed by atoms with van der Waals surface area (Å²) in [6, 6.07) is 8.16. The number of benzene rings is 1. The van der Waals surface area contributed by atoms with Crippen LogP contribution in [0.3, 0.4) is 0 Å². The molecule has 1 unspecified atom stereocenters. The van der Waals surface area contributed by atoms with E-state index in [2.05, 4.69) is 15.3 Å². The maximum Gasteiger partial charge on any atom is 0.326 e. The summed E-state index contributed by atoms with van der Waals surface area (Å²) in [7, 11) is 0. The predicted octanol–water partition coefficient (Wildman–Crippen LogP) is 2.03. The molecule has 0 radical (unpaired) electrons. The molecule has 1 atom stereocenters. The lowest BCUT2D eigenvalue weighted by Crippen LogP contribution is -2.42. The predicted molar refractivity (Wildman–Crippen MR) is 85.2 cm³/mol. The summed E-state index contributed by atoms with van der Waals surface area (Å²) in [4.78, 5) is 31.8. The first-order valence-corrected chi connectivity index (χ1v) is 7.36. The number of carboxylic acid groups (broad SMARTS) is 1. The van der Waals surface area contributed by atoms with Crippen molar-refractivity contribution < 1.29 is 14.7 Å². The van der Waals surface area contributed by atoms with E-state index in [1.807, 2.05) is 44.2 Å². The van der Waals surface area contributed by atoms with Crippen LogP contribution in [0.25, 0.3) is 0 Å². The fourth-order valence-electron chi connectivity index (χ4n) is 2.26. The van der Waals surface area contributed by atoms with Crippen molar-refractivity contribution in [2.45, 2.75) is 32.2 Å². The highest BCUT2D eigenvalue weighted by Crippen LogP contribution is 2.15. The number of aliphatic carboxylic acids is 1. The number of aromatic nitrogens is 2. The van der Waals surface area contributed by atoms with E-state index >= 15 is 0 Å². The molecule has 1 amide bonds. The monoisotopic (exact) mass is 313 g/mol. The summed E-state index contributed by atoms with van der Waals surface area (Å²) >= 11 is 0. The van der Waals surface area contributed by atoms with Gasteiger partial charge in [0, 0.05) is 12.6 Å². The second kappa shape index (κ2) is 7.49. The molecule has 6 nitrogen and oxygen atoms in total. The lowest BCUT2D eigenvalue weighted by atomic mass is 10.0. The number of hydrogen-bond acceptors (Lipinski definition) is 4. The van der Waals surface area contributed by atoms with Crippen LogP contribution in [0.1, 0.15) is 41.4 Å². The first-order chi connectivity index (χ1) is 11.0. The Balaban J connectivity index is 2.17. The van der Waals surface area contributed by atoms with Crippen molar-refractivity contribution in [2.75, 3.05) is 0 Å². The Kier molecular flexibility index (Phi) is 5.41. The van der Waals surface area contributed by atoms with Crippen LogP contribution in [0.4, 0.5) is 0 Å². The van der Waals surface area contributed by atoms with Gasteiger partial charge in [-0.3, -0.25) is 4.79 Å². The Morgan fingerprint density at radius 3 is 2.52 bits per heavy atom. The zero-order valence-corrected chi connectivity index (χ0v) is 13.1. The molecule has 0 spiro atoms. The van der Waals surface area contributed by atoms with Crippen molar-refractivity contribution in [1.29, 1.82) is 0 Å². The molecule has 2 rings (SSSR count). The fraction of sp³-hybridized carbons (Fsp3) is 0.294. The Morgan fingerprint density at radius 2 is 1.91 bits per heavy atom. The molecule has 6 heteroatoms. The van der Waals surface area contributed by atoms with E-state index < -0.39 is 17.9 Å². The van der Waals surface area contributed by atoms with E-state index in [9.17, 15) is 14.7 Å². The Morgan fingerprint density at radius 1 is 1.22 bits per heavy atom. The average molecular weight is 313 g/mol. The molecule has 0 aliphatic heterocycles. The van der Waals surface area contributed by atoms with Gasteiger partial charge in [0.2, 0.25) is 0 Å². The van der Waals surface area contributed by atoms with Gasteiger partial charge in [0.25, 0.3) is 5.91 Å². The molecule has 1 aromatic heterocycles. The Bertz CT molecular complexity index is 686. The number of carboxylic acids is 1. The zero-order valence-electron chi connectivity index (χ0n) is 13.1. The van der Waals surface area contributed by atoms with Crippen LogP contribution in [0.5, 0.6) is 0 Å². The van der Waals surface area contributed by atoms with E-state index in [1.165, 1.54) is 12.5 Å². The van der Waals surface area contributed by atoms with Crippen molar-refractivity contribution in [2.24, 2.45) is 0 Å². The van der Waals surface area contributed by atoms with Crippen molar-refractivity contribution in [3.05, 3.63) is 59.7 Å². The van der Waals surface area contributed by atoms with Crippen molar-refractivity contribution in [3.8, 4) is 0 Å². The molecule has 23 heavy (non-hydrogen) atoms. The third-order valence-electron chi connectivity index (χ3n) is 3.42. The van der Waals surface area contributed by atoms with Gasteiger partial charge in [0.1, 0.15) is 12.4 Å². The van der Waals surface area contributed by atoms with Crippen LogP contribution >= 0.6 is 0 Å². The number of nitrogens with one attached hydrogen (secondary N) is 1. The van der Waals surface area contributed by atoms with Crippen molar-refractivity contribution in [1.82, 2.24) is 15.3 Å². The normalized spacial score (nSPS) is 12.0. The molecule has 2 N–H and O–H groups in total. The Labute approximate surface area is 134 Å². The standard InChI is InChI=1S/C17H19N3O3/c1-11(2)15-13(9-18-10-19-15)16(21)20-14(17(22)23)8-12-6-4-3-5-7-12/h3-7,9-11,14H,8H2,1-2H3,(H,20,21)(H,22,23). The molecule has 0 aliphatic rings. The van der Waals surface area contributed by atoms with E-state index in [-0.39, 0.29) is 12.3 Å². The van der Waals surface area contributed by atoms with Gasteiger partial charge in [0.05, 0.1) is 11.3 Å². The summed E-state index contributed by atoms with van der Waals surface area (Å²) in [5, 5.41) is 11.9. The molecule has 120 valence electrons. The van der Waals surface area contributed by atoms with Gasteiger partial charge >= 0.3 is 5.97 Å². The first-order valence-electron chi connectivity index (χ1n) is 7.36. The van der Waals surface area contributed by atoms with Crippen LogP contribution in [-0.4, -0.2) is 33.0 Å². The minimum Gasteiger partial charge on any atom is -0.480 e. The maximum absolute atomic E-state index is 12.4. The summed E-state index contributed by atoms with van der Waals surface area (Å²) in [6.07, 6.45) is 3.01. The van der Waals surface area contributed by atoms with Crippen molar-refractivity contribution in [3.63, 3.8) is 0 Å². The van der Waals surface area contributed by atoms with Gasteiger partial charge in [-0.1, -0.05) is 44.2 Å². The van der Waals surface area contributed by atoms with E-state index in [0.29, 0.717) is 11.3 Å². The van der Waals surface area contributed by atoms with Crippen LogP contribution in [-0.2, 0) is 11.2 Å². The van der Waals surface area contributed by atoms with Gasteiger partial charge in [-0.2, -0.15) is 0 Å². The number of nitrogens with zero attached hydrogens (tertiary/aromatic N) is 2. The van der Waals surface area contributed by atoms with E-state index in [4.69, 9.17) is 0 Å². The summed E-state index contributed by atoms with van der Waals surface area (Å²) in [5.41, 5.74) is 1.75. The second-order valence-electron chi connectivity index (χ2n) is 5.53. The lowest BCUT2D eigenvalue weighted by molar-refractivity contribution is -0.139. The average Bonchev–Trinajstić information content (AvgIpc) is 2.55. The molecular formula is C17H19N3O3. The summed E-state index contributed by atoms with van der Waals surface area (Å²) < 4.78 is 0. The Hall–Kier alpha value is -2.76. The number of hydrogen-bond donors (Lipinski definition) is 2. The smallest absolute Gasteiger partial charge is 0.326 e. The van der Waals surface area contributed by atoms with Gasteiger partial charge < -0.3 is 10.4 Å². The van der Waals surface area contributed by atoms with Crippen LogP contribution in [0.15, 0.2) is 42.9 Å². The molecule has 2 aromatic rings. The first kappa shape index (κ1) is 16.6. The molecular weight excluding hydrogens is 294 g/mol. The highest BCUT2D eigenvalue weighted by Gasteiger charge is 2.23. The fourth-order valence-corrected chi connectivity index (χ4v) is 2.26. The molecule has 0 aliphatic carbocycles. The highest BCUT2D eigenvalue weighted by atomic mass is 16.4. The van der Waals surface area contributed by atoms with Gasteiger partial charge in [-0.05, 0) is 11.5 Å². The van der Waals surface area contributed by atoms with Gasteiger partial charge in [-0.15, -0.1) is 0 Å². The highest BCUT2D eigenvalue weighted by molar-refractivity contribution is 5.97. The summed E-state index contributed by atoms with van der Waals surface area (Å²) in [5.74, 6) is -1.51. The SMILES string of the molecule is CC(C)c1ncncc1C(=O)NC(Cc1ccccc1)C(=O)O. The molecule has 0 saturated carbocycles.